The lowest BCUT2D eigenvalue weighted by molar-refractivity contribution is -0.149. The van der Waals surface area contributed by atoms with Crippen LogP contribution in [0.4, 0.5) is 0 Å². The molecule has 3 fully saturated rings. The third-order valence-electron chi connectivity index (χ3n) is 5.25. The van der Waals surface area contributed by atoms with E-state index >= 15 is 0 Å². The van der Waals surface area contributed by atoms with Gasteiger partial charge < -0.3 is 10.1 Å². The van der Waals surface area contributed by atoms with Crippen molar-refractivity contribution in [1.29, 1.82) is 0 Å². The fourth-order valence-electron chi connectivity index (χ4n) is 4.20. The molecule has 5 atom stereocenters. The van der Waals surface area contributed by atoms with Crippen LogP contribution in [0.15, 0.2) is 0 Å². The van der Waals surface area contributed by atoms with Crippen LogP contribution in [-0.2, 0) is 9.53 Å². The van der Waals surface area contributed by atoms with Crippen molar-refractivity contribution in [3.8, 4) is 0 Å². The average molecular weight is 237 g/mol. The number of fused-ring (bicyclic) bond motifs is 4. The van der Waals surface area contributed by atoms with Gasteiger partial charge in [0, 0.05) is 6.04 Å². The van der Waals surface area contributed by atoms with Crippen molar-refractivity contribution in [1.82, 2.24) is 5.32 Å². The summed E-state index contributed by atoms with van der Waals surface area (Å²) >= 11 is 0. The maximum absolute atomic E-state index is 11.9. The summed E-state index contributed by atoms with van der Waals surface area (Å²) in [6, 6.07) is 0.749. The normalized spacial score (nSPS) is 44.9. The second-order valence-corrected chi connectivity index (χ2v) is 6.17. The molecule has 1 aliphatic heterocycles. The van der Waals surface area contributed by atoms with Crippen LogP contribution in [0.1, 0.15) is 38.5 Å². The summed E-state index contributed by atoms with van der Waals surface area (Å²) < 4.78 is 5.02. The summed E-state index contributed by atoms with van der Waals surface area (Å²) in [6.45, 7) is 1.17. The van der Waals surface area contributed by atoms with Crippen molar-refractivity contribution in [2.45, 2.75) is 44.6 Å². The first-order valence-electron chi connectivity index (χ1n) is 7.09. The minimum absolute atomic E-state index is 0.0487. The Morgan fingerprint density at radius 1 is 1.18 bits per heavy atom. The van der Waals surface area contributed by atoms with E-state index in [-0.39, 0.29) is 11.9 Å². The molecule has 96 valence electrons. The van der Waals surface area contributed by atoms with E-state index < -0.39 is 0 Å². The van der Waals surface area contributed by atoms with Crippen molar-refractivity contribution in [3.63, 3.8) is 0 Å². The molecule has 1 N–H and O–H groups in total. The Morgan fingerprint density at radius 2 is 2.06 bits per heavy atom. The Kier molecular flexibility index (Phi) is 3.12. The van der Waals surface area contributed by atoms with Crippen molar-refractivity contribution < 1.29 is 9.53 Å². The van der Waals surface area contributed by atoms with Gasteiger partial charge >= 0.3 is 5.97 Å². The lowest BCUT2D eigenvalue weighted by atomic mass is 9.70. The third kappa shape index (κ3) is 2.10. The Bertz CT molecular complexity index is 305. The summed E-state index contributed by atoms with van der Waals surface area (Å²) in [5.74, 6) is 2.39. The van der Waals surface area contributed by atoms with Crippen molar-refractivity contribution >= 4 is 5.97 Å². The number of nitrogens with one attached hydrogen (secondary N) is 1. The third-order valence-corrected chi connectivity index (χ3v) is 5.25. The average Bonchev–Trinajstić information content (AvgIpc) is 2.49. The molecule has 17 heavy (non-hydrogen) atoms. The van der Waals surface area contributed by atoms with Crippen LogP contribution in [0, 0.1) is 23.7 Å². The molecule has 0 aromatic carbocycles. The number of hydrogen-bond acceptors (Lipinski definition) is 3. The van der Waals surface area contributed by atoms with Gasteiger partial charge in [0.2, 0.25) is 0 Å². The molecule has 3 rings (SSSR count). The lowest BCUT2D eigenvalue weighted by Gasteiger charge is -2.44. The van der Waals surface area contributed by atoms with Crippen LogP contribution in [0.25, 0.3) is 0 Å². The monoisotopic (exact) mass is 237 g/mol. The van der Waals surface area contributed by atoms with Gasteiger partial charge in [0.05, 0.1) is 13.0 Å². The largest absolute Gasteiger partial charge is 0.469 e. The van der Waals surface area contributed by atoms with Gasteiger partial charge in [0.1, 0.15) is 0 Å². The molecule has 0 radical (unpaired) electrons. The molecule has 3 aliphatic rings. The SMILES string of the molecule is COC(=O)C1CC2CCCC1CC1CNC1C2. The minimum Gasteiger partial charge on any atom is -0.469 e. The van der Waals surface area contributed by atoms with Gasteiger partial charge in [-0.25, -0.2) is 0 Å². The number of methoxy groups -OCH3 is 1. The number of esters is 1. The fraction of sp³-hybridized carbons (Fsp3) is 0.929. The summed E-state index contributed by atoms with van der Waals surface area (Å²) in [5, 5.41) is 3.57. The maximum atomic E-state index is 11.9. The van der Waals surface area contributed by atoms with E-state index in [0.29, 0.717) is 5.92 Å². The maximum Gasteiger partial charge on any atom is 0.308 e. The smallest absolute Gasteiger partial charge is 0.308 e. The van der Waals surface area contributed by atoms with E-state index in [1.165, 1.54) is 38.6 Å². The number of carbonyl (C=O) groups excluding carboxylic acids is 1. The second kappa shape index (κ2) is 4.60. The zero-order chi connectivity index (χ0) is 11.8. The molecule has 1 saturated heterocycles. The minimum atomic E-state index is 0.0487. The first-order chi connectivity index (χ1) is 8.28. The zero-order valence-electron chi connectivity index (χ0n) is 10.7. The van der Waals surface area contributed by atoms with Crippen LogP contribution in [0.2, 0.25) is 0 Å². The van der Waals surface area contributed by atoms with E-state index in [4.69, 9.17) is 4.74 Å². The van der Waals surface area contributed by atoms with Crippen LogP contribution in [-0.4, -0.2) is 25.7 Å². The lowest BCUT2D eigenvalue weighted by Crippen LogP contribution is -2.55. The summed E-state index contributed by atoms with van der Waals surface area (Å²) in [7, 11) is 1.54. The van der Waals surface area contributed by atoms with Crippen LogP contribution in [0.3, 0.4) is 0 Å². The topological polar surface area (TPSA) is 38.3 Å². The number of hydrogen-bond donors (Lipinski definition) is 1. The highest BCUT2D eigenvalue weighted by molar-refractivity contribution is 5.72. The Hall–Kier alpha value is -0.570. The fourth-order valence-corrected chi connectivity index (χ4v) is 4.20. The van der Waals surface area contributed by atoms with E-state index in [2.05, 4.69) is 5.32 Å². The number of rotatable bonds is 1. The van der Waals surface area contributed by atoms with Crippen LogP contribution < -0.4 is 5.32 Å². The molecule has 0 amide bonds. The summed E-state index contributed by atoms with van der Waals surface area (Å²) in [5.41, 5.74) is 0. The molecule has 3 heteroatoms. The molecular weight excluding hydrogens is 214 g/mol. The van der Waals surface area contributed by atoms with Gasteiger partial charge in [-0.3, -0.25) is 4.79 Å². The second-order valence-electron chi connectivity index (χ2n) is 6.17. The number of ether oxygens (including phenoxy) is 1. The quantitative estimate of drug-likeness (QED) is 0.709. The van der Waals surface area contributed by atoms with E-state index in [0.717, 1.165) is 24.3 Å². The van der Waals surface area contributed by atoms with E-state index in [1.807, 2.05) is 0 Å². The highest BCUT2D eigenvalue weighted by Gasteiger charge is 2.43. The molecule has 2 bridgehead atoms. The molecule has 0 aromatic rings. The predicted molar refractivity (Wildman–Crippen MR) is 65.5 cm³/mol. The van der Waals surface area contributed by atoms with Crippen LogP contribution >= 0.6 is 0 Å². The predicted octanol–water partition coefficient (Wildman–Crippen LogP) is 1.96. The Labute approximate surface area is 103 Å². The summed E-state index contributed by atoms with van der Waals surface area (Å²) in [4.78, 5) is 11.9. The molecule has 2 aliphatic carbocycles. The molecule has 1 heterocycles. The Balaban J connectivity index is 1.80. The molecular formula is C14H23NO2. The highest BCUT2D eigenvalue weighted by atomic mass is 16.5. The first-order valence-corrected chi connectivity index (χ1v) is 7.09. The molecule has 0 spiro atoms. The molecule has 2 saturated carbocycles. The highest BCUT2D eigenvalue weighted by Crippen LogP contribution is 2.43. The van der Waals surface area contributed by atoms with Gasteiger partial charge in [-0.1, -0.05) is 12.8 Å². The standard InChI is InChI=1S/C14H23NO2/c1-17-14(16)12-5-9-3-2-4-10(12)7-11-8-15-13(11)6-9/h9-13,15H,2-8H2,1H3. The van der Waals surface area contributed by atoms with Gasteiger partial charge in [-0.05, 0) is 50.0 Å². The van der Waals surface area contributed by atoms with Gasteiger partial charge in [-0.2, -0.15) is 0 Å². The molecule has 0 aromatic heterocycles. The van der Waals surface area contributed by atoms with E-state index in [9.17, 15) is 4.79 Å². The van der Waals surface area contributed by atoms with Gasteiger partial charge in [0.25, 0.3) is 0 Å². The first kappa shape index (κ1) is 11.5. The van der Waals surface area contributed by atoms with Crippen LogP contribution in [0.5, 0.6) is 0 Å². The Morgan fingerprint density at radius 3 is 2.76 bits per heavy atom. The summed E-state index contributed by atoms with van der Waals surface area (Å²) in [6.07, 6.45) is 7.45. The van der Waals surface area contributed by atoms with Crippen molar-refractivity contribution in [2.75, 3.05) is 13.7 Å². The van der Waals surface area contributed by atoms with Crippen molar-refractivity contribution in [3.05, 3.63) is 0 Å². The van der Waals surface area contributed by atoms with Gasteiger partial charge in [0.15, 0.2) is 0 Å². The van der Waals surface area contributed by atoms with Gasteiger partial charge in [-0.15, -0.1) is 0 Å². The number of carbonyl (C=O) groups is 1. The molecule has 5 unspecified atom stereocenters. The van der Waals surface area contributed by atoms with E-state index in [1.54, 1.807) is 7.11 Å². The van der Waals surface area contributed by atoms with Crippen molar-refractivity contribution in [2.24, 2.45) is 23.7 Å². The molecule has 3 nitrogen and oxygen atoms in total. The zero-order valence-corrected chi connectivity index (χ0v) is 10.7.